The Balaban J connectivity index is 3.01. The Kier molecular flexibility index (Phi) is 2.98. The molecule has 0 fully saturated rings. The van der Waals surface area contributed by atoms with Crippen molar-refractivity contribution in [2.75, 3.05) is 0 Å². The maximum atomic E-state index is 12.5. The first-order valence-electron chi connectivity index (χ1n) is 3.10. The first-order valence-corrected chi connectivity index (χ1v) is 3.48. The molecule has 0 amide bonds. The molecule has 13 heavy (non-hydrogen) atoms. The molecule has 1 rings (SSSR count). The summed E-state index contributed by atoms with van der Waals surface area (Å²) >= 11 is 5.28. The molecule has 0 unspecified atom stereocenters. The van der Waals surface area contributed by atoms with Crippen LogP contribution in [0.5, 0.6) is 5.75 Å². The van der Waals surface area contributed by atoms with E-state index in [0.717, 1.165) is 0 Å². The van der Waals surface area contributed by atoms with Gasteiger partial charge >= 0.3 is 6.61 Å². The quantitative estimate of drug-likeness (QED) is 0.543. The summed E-state index contributed by atoms with van der Waals surface area (Å²) in [5, 5.41) is -0.404. The Bertz CT molecular complexity index is 316. The molecule has 72 valence electrons. The highest BCUT2D eigenvalue weighted by Crippen LogP contribution is 2.28. The summed E-state index contributed by atoms with van der Waals surface area (Å²) in [7, 11) is 0. The summed E-state index contributed by atoms with van der Waals surface area (Å²) in [6.07, 6.45) is 0. The summed E-state index contributed by atoms with van der Waals surface area (Å²) in [6, 6.07) is 1.03. The average molecular weight is 215 g/mol. The Hall–Kier alpha value is -0.970. The molecule has 6 heteroatoms. The zero-order valence-electron chi connectivity index (χ0n) is 6.03. The predicted octanol–water partition coefficient (Wildman–Crippen LogP) is 3.22. The van der Waals surface area contributed by atoms with Crippen molar-refractivity contribution in [1.82, 2.24) is 0 Å². The number of ether oxygens (including phenoxy) is 1. The molecule has 0 atom stereocenters. The molecule has 0 aliphatic heterocycles. The van der Waals surface area contributed by atoms with Crippen LogP contribution in [0, 0.1) is 11.6 Å². The third-order valence-electron chi connectivity index (χ3n) is 1.19. The molecule has 1 aromatic carbocycles. The van der Waals surface area contributed by atoms with Gasteiger partial charge in [0, 0.05) is 6.07 Å². The normalized spacial score (nSPS) is 10.6. The van der Waals surface area contributed by atoms with Crippen molar-refractivity contribution in [3.8, 4) is 5.75 Å². The van der Waals surface area contributed by atoms with Gasteiger partial charge in [0.05, 0.1) is 5.02 Å². The Labute approximate surface area is 75.9 Å². The second-order valence-electron chi connectivity index (χ2n) is 2.08. The predicted molar refractivity (Wildman–Crippen MR) is 38.0 cm³/mol. The van der Waals surface area contributed by atoms with E-state index in [-0.39, 0.29) is 0 Å². The van der Waals surface area contributed by atoms with Crippen LogP contribution in [0.4, 0.5) is 17.6 Å². The van der Waals surface area contributed by atoms with Gasteiger partial charge in [-0.25, -0.2) is 8.78 Å². The van der Waals surface area contributed by atoms with Gasteiger partial charge in [-0.05, 0) is 6.07 Å². The van der Waals surface area contributed by atoms with Crippen LogP contribution in [0.25, 0.3) is 0 Å². The van der Waals surface area contributed by atoms with Crippen molar-refractivity contribution in [2.24, 2.45) is 0 Å². The van der Waals surface area contributed by atoms with E-state index < -0.39 is 29.0 Å². The molecule has 0 heterocycles. The van der Waals surface area contributed by atoms with Gasteiger partial charge in [-0.1, -0.05) is 11.6 Å². The van der Waals surface area contributed by atoms with E-state index >= 15 is 0 Å². The van der Waals surface area contributed by atoms with Crippen molar-refractivity contribution in [1.29, 1.82) is 0 Å². The average Bonchev–Trinajstić information content (AvgIpc) is 1.99. The van der Waals surface area contributed by atoms with Gasteiger partial charge in [0.2, 0.25) is 0 Å². The molecule has 1 aromatic rings. The number of benzene rings is 1. The summed E-state index contributed by atoms with van der Waals surface area (Å²) in [4.78, 5) is 0. The number of hydrogen-bond acceptors (Lipinski definition) is 1. The van der Waals surface area contributed by atoms with Crippen LogP contribution in [0.1, 0.15) is 0 Å². The van der Waals surface area contributed by atoms with E-state index in [1.165, 1.54) is 0 Å². The Morgan fingerprint density at radius 1 is 1.15 bits per heavy atom. The van der Waals surface area contributed by atoms with Crippen LogP contribution in [0.2, 0.25) is 5.02 Å². The molecular formula is C7H3ClF4O. The molecular weight excluding hydrogens is 212 g/mol. The topological polar surface area (TPSA) is 9.23 Å². The first kappa shape index (κ1) is 10.1. The van der Waals surface area contributed by atoms with Crippen LogP contribution in [-0.2, 0) is 0 Å². The third-order valence-corrected chi connectivity index (χ3v) is 1.49. The summed E-state index contributed by atoms with van der Waals surface area (Å²) in [5.41, 5.74) is 0. The molecule has 0 saturated heterocycles. The number of rotatable bonds is 2. The molecule has 0 radical (unpaired) electrons. The molecule has 0 saturated carbocycles. The van der Waals surface area contributed by atoms with E-state index in [1.807, 2.05) is 0 Å². The van der Waals surface area contributed by atoms with Gasteiger partial charge in [0.15, 0.2) is 11.6 Å². The zero-order chi connectivity index (χ0) is 10.0. The van der Waals surface area contributed by atoms with Crippen molar-refractivity contribution in [2.45, 2.75) is 6.61 Å². The Morgan fingerprint density at radius 2 is 1.69 bits per heavy atom. The molecule has 0 bridgehead atoms. The third kappa shape index (κ3) is 2.48. The van der Waals surface area contributed by atoms with Crippen LogP contribution in [0.3, 0.4) is 0 Å². The highest BCUT2D eigenvalue weighted by atomic mass is 35.5. The van der Waals surface area contributed by atoms with Crippen LogP contribution in [0.15, 0.2) is 12.1 Å². The monoisotopic (exact) mass is 214 g/mol. The highest BCUT2D eigenvalue weighted by molar-refractivity contribution is 6.32. The fourth-order valence-corrected chi connectivity index (χ4v) is 0.885. The zero-order valence-corrected chi connectivity index (χ0v) is 6.79. The van der Waals surface area contributed by atoms with Crippen LogP contribution < -0.4 is 4.74 Å². The SMILES string of the molecule is Fc1cc(Cl)c(OC(F)F)cc1F. The lowest BCUT2D eigenvalue weighted by molar-refractivity contribution is -0.0500. The molecule has 1 nitrogen and oxygen atoms in total. The molecule has 0 aliphatic carbocycles. The van der Waals surface area contributed by atoms with E-state index in [1.54, 1.807) is 0 Å². The van der Waals surface area contributed by atoms with Crippen molar-refractivity contribution in [3.05, 3.63) is 28.8 Å². The largest absolute Gasteiger partial charge is 0.433 e. The van der Waals surface area contributed by atoms with Crippen molar-refractivity contribution in [3.63, 3.8) is 0 Å². The summed E-state index contributed by atoms with van der Waals surface area (Å²) < 4.78 is 51.9. The van der Waals surface area contributed by atoms with Gasteiger partial charge < -0.3 is 4.74 Å². The van der Waals surface area contributed by atoms with Crippen molar-refractivity contribution < 1.29 is 22.3 Å². The fraction of sp³-hybridized carbons (Fsp3) is 0.143. The lowest BCUT2D eigenvalue weighted by Crippen LogP contribution is -2.03. The molecule has 0 spiro atoms. The van der Waals surface area contributed by atoms with Crippen LogP contribution >= 0.6 is 11.6 Å². The number of alkyl halides is 2. The lowest BCUT2D eigenvalue weighted by atomic mass is 10.3. The smallest absolute Gasteiger partial charge is 0.387 e. The molecule has 0 N–H and O–H groups in total. The van der Waals surface area contributed by atoms with Gasteiger partial charge in [-0.2, -0.15) is 8.78 Å². The maximum absolute atomic E-state index is 12.5. The highest BCUT2D eigenvalue weighted by Gasteiger charge is 2.12. The Morgan fingerprint density at radius 3 is 2.23 bits per heavy atom. The van der Waals surface area contributed by atoms with E-state index in [2.05, 4.69) is 4.74 Å². The van der Waals surface area contributed by atoms with Gasteiger partial charge in [-0.15, -0.1) is 0 Å². The minimum atomic E-state index is -3.12. The molecule has 0 aliphatic rings. The van der Waals surface area contributed by atoms with Gasteiger partial charge in [-0.3, -0.25) is 0 Å². The van der Waals surface area contributed by atoms with Gasteiger partial charge in [0.25, 0.3) is 0 Å². The maximum Gasteiger partial charge on any atom is 0.387 e. The van der Waals surface area contributed by atoms with Crippen LogP contribution in [-0.4, -0.2) is 6.61 Å². The van der Waals surface area contributed by atoms with E-state index in [9.17, 15) is 17.6 Å². The number of hydrogen-bond donors (Lipinski definition) is 0. The minimum absolute atomic E-state index is 0.404. The summed E-state index contributed by atoms with van der Waals surface area (Å²) in [5.74, 6) is -3.10. The fourth-order valence-electron chi connectivity index (χ4n) is 0.691. The van der Waals surface area contributed by atoms with E-state index in [4.69, 9.17) is 11.6 Å². The van der Waals surface area contributed by atoms with Crippen molar-refractivity contribution >= 4 is 11.6 Å². The first-order chi connectivity index (χ1) is 6.00. The second-order valence-corrected chi connectivity index (χ2v) is 2.48. The summed E-state index contributed by atoms with van der Waals surface area (Å²) in [6.45, 7) is -3.12. The number of halogens is 5. The second kappa shape index (κ2) is 3.83. The lowest BCUT2D eigenvalue weighted by Gasteiger charge is -2.06. The van der Waals surface area contributed by atoms with E-state index in [0.29, 0.717) is 12.1 Å². The minimum Gasteiger partial charge on any atom is -0.433 e. The van der Waals surface area contributed by atoms with Gasteiger partial charge in [0.1, 0.15) is 5.75 Å². The standard InChI is InChI=1S/C7H3ClF4O/c8-3-1-4(9)5(10)2-6(3)13-7(11)12/h1-2,7H. The molecule has 0 aromatic heterocycles.